The molecule has 1 aliphatic rings. The van der Waals surface area contributed by atoms with Crippen LogP contribution in [0.25, 0.3) is 22.3 Å². The van der Waals surface area contributed by atoms with Gasteiger partial charge in [-0.05, 0) is 18.2 Å². The van der Waals surface area contributed by atoms with E-state index >= 15 is 0 Å². The molecule has 4 aromatic rings. The third-order valence-corrected chi connectivity index (χ3v) is 6.27. The molecule has 1 amide bonds. The number of benzene rings is 1. The first-order valence-electron chi connectivity index (χ1n) is 10.3. The lowest BCUT2D eigenvalue weighted by molar-refractivity contribution is -0.117. The summed E-state index contributed by atoms with van der Waals surface area (Å²) in [4.78, 5) is 29.8. The summed E-state index contributed by atoms with van der Waals surface area (Å²) in [6.45, 7) is 3.10. The van der Waals surface area contributed by atoms with Crippen molar-refractivity contribution in [2.75, 3.05) is 42.9 Å². The van der Waals surface area contributed by atoms with Gasteiger partial charge in [0.05, 0.1) is 23.8 Å². The van der Waals surface area contributed by atoms with Crippen LogP contribution in [0.3, 0.4) is 0 Å². The molecule has 3 aromatic heterocycles. The largest absolute Gasteiger partial charge is 0.353 e. The Balaban J connectivity index is 1.16. The Bertz CT molecular complexity index is 1310. The standard InChI is InChI=1S/C21H20F2N8OS/c1-29-19-14(9-26-29)20(25-12-24-19)31-6-4-30(5-7-31)10-18(32)28-21-27-17(11-33-21)13-2-3-15(22)16(23)8-13/h2-3,8-9,11-12H,4-7,10H2,1H3,(H,27,28,32). The fourth-order valence-corrected chi connectivity index (χ4v) is 4.54. The van der Waals surface area contributed by atoms with Gasteiger partial charge in [0.15, 0.2) is 22.4 Å². The lowest BCUT2D eigenvalue weighted by atomic mass is 10.2. The fourth-order valence-electron chi connectivity index (χ4n) is 3.80. The van der Waals surface area contributed by atoms with Gasteiger partial charge in [-0.3, -0.25) is 14.4 Å². The highest BCUT2D eigenvalue weighted by Crippen LogP contribution is 2.26. The van der Waals surface area contributed by atoms with Crippen LogP contribution in [0.4, 0.5) is 19.7 Å². The number of carbonyl (C=O) groups excluding carboxylic acids is 1. The van der Waals surface area contributed by atoms with Gasteiger partial charge in [-0.15, -0.1) is 11.3 Å². The lowest BCUT2D eigenvalue weighted by Crippen LogP contribution is -2.49. The molecule has 0 aliphatic carbocycles. The Hall–Kier alpha value is -3.51. The number of anilines is 2. The minimum absolute atomic E-state index is 0.175. The quantitative estimate of drug-likeness (QED) is 0.479. The topological polar surface area (TPSA) is 92.1 Å². The molecule has 1 aliphatic heterocycles. The highest BCUT2D eigenvalue weighted by atomic mass is 32.1. The molecule has 1 aromatic carbocycles. The third-order valence-electron chi connectivity index (χ3n) is 5.51. The predicted octanol–water partition coefficient (Wildman–Crippen LogP) is 2.53. The van der Waals surface area contributed by atoms with Crippen molar-refractivity contribution in [3.63, 3.8) is 0 Å². The first-order valence-corrected chi connectivity index (χ1v) is 11.2. The van der Waals surface area contributed by atoms with Gasteiger partial charge >= 0.3 is 0 Å². The molecule has 1 fully saturated rings. The highest BCUT2D eigenvalue weighted by molar-refractivity contribution is 7.14. The van der Waals surface area contributed by atoms with E-state index < -0.39 is 11.6 Å². The number of fused-ring (bicyclic) bond motifs is 1. The second-order valence-corrected chi connectivity index (χ2v) is 8.54. The van der Waals surface area contributed by atoms with Crippen LogP contribution in [0.5, 0.6) is 0 Å². The van der Waals surface area contributed by atoms with Gasteiger partial charge in [0.25, 0.3) is 0 Å². The second kappa shape index (κ2) is 8.79. The molecule has 0 saturated carbocycles. The van der Waals surface area contributed by atoms with Gasteiger partial charge in [0.1, 0.15) is 12.1 Å². The molecule has 170 valence electrons. The van der Waals surface area contributed by atoms with E-state index in [4.69, 9.17) is 0 Å². The minimum Gasteiger partial charge on any atom is -0.353 e. The summed E-state index contributed by atoms with van der Waals surface area (Å²) >= 11 is 1.24. The zero-order valence-corrected chi connectivity index (χ0v) is 18.5. The van der Waals surface area contributed by atoms with Crippen molar-refractivity contribution in [3.05, 3.63) is 47.7 Å². The van der Waals surface area contributed by atoms with Gasteiger partial charge in [0.2, 0.25) is 5.91 Å². The summed E-state index contributed by atoms with van der Waals surface area (Å²) < 4.78 is 28.3. The van der Waals surface area contributed by atoms with Crippen molar-refractivity contribution in [2.45, 2.75) is 0 Å². The number of nitrogens with zero attached hydrogens (tertiary/aromatic N) is 7. The number of carbonyl (C=O) groups is 1. The summed E-state index contributed by atoms with van der Waals surface area (Å²) in [6, 6.07) is 3.60. The van der Waals surface area contributed by atoms with E-state index in [0.717, 1.165) is 42.1 Å². The van der Waals surface area contributed by atoms with Crippen molar-refractivity contribution in [1.29, 1.82) is 0 Å². The van der Waals surface area contributed by atoms with E-state index in [1.165, 1.54) is 17.4 Å². The predicted molar refractivity (Wildman–Crippen MR) is 121 cm³/mol. The number of amides is 1. The Morgan fingerprint density at radius 3 is 2.76 bits per heavy atom. The van der Waals surface area contributed by atoms with Crippen molar-refractivity contribution in [3.8, 4) is 11.3 Å². The Kier molecular flexibility index (Phi) is 5.68. The zero-order valence-electron chi connectivity index (χ0n) is 17.7. The van der Waals surface area contributed by atoms with E-state index in [2.05, 4.69) is 35.2 Å². The normalized spacial score (nSPS) is 14.7. The zero-order chi connectivity index (χ0) is 22.9. The minimum atomic E-state index is -0.934. The van der Waals surface area contributed by atoms with Gasteiger partial charge in [-0.25, -0.2) is 23.7 Å². The van der Waals surface area contributed by atoms with Crippen LogP contribution in [-0.4, -0.2) is 68.3 Å². The monoisotopic (exact) mass is 470 g/mol. The van der Waals surface area contributed by atoms with Gasteiger partial charge in [-0.1, -0.05) is 0 Å². The molecule has 12 heteroatoms. The summed E-state index contributed by atoms with van der Waals surface area (Å²) in [5.41, 5.74) is 1.72. The van der Waals surface area contributed by atoms with Crippen LogP contribution in [0.2, 0.25) is 0 Å². The summed E-state index contributed by atoms with van der Waals surface area (Å²) in [5, 5.41) is 10.1. The number of hydrogen-bond acceptors (Lipinski definition) is 8. The number of aryl methyl sites for hydroxylation is 1. The molecule has 4 heterocycles. The van der Waals surface area contributed by atoms with E-state index in [1.54, 1.807) is 22.6 Å². The molecule has 0 unspecified atom stereocenters. The number of rotatable bonds is 5. The van der Waals surface area contributed by atoms with Crippen LogP contribution < -0.4 is 10.2 Å². The van der Waals surface area contributed by atoms with Gasteiger partial charge in [0, 0.05) is 44.2 Å². The molecule has 1 N–H and O–H groups in total. The van der Waals surface area contributed by atoms with Crippen molar-refractivity contribution < 1.29 is 13.6 Å². The van der Waals surface area contributed by atoms with Gasteiger partial charge in [-0.2, -0.15) is 5.10 Å². The fraction of sp³-hybridized carbons (Fsp3) is 0.286. The van der Waals surface area contributed by atoms with Crippen LogP contribution in [0.1, 0.15) is 0 Å². The SMILES string of the molecule is Cn1ncc2c(N3CCN(CC(=O)Nc4nc(-c5ccc(F)c(F)c5)cs4)CC3)ncnc21. The third kappa shape index (κ3) is 4.39. The second-order valence-electron chi connectivity index (χ2n) is 7.68. The number of aromatic nitrogens is 5. The van der Waals surface area contributed by atoms with E-state index in [1.807, 2.05) is 7.05 Å². The highest BCUT2D eigenvalue weighted by Gasteiger charge is 2.22. The molecule has 5 rings (SSSR count). The average Bonchev–Trinajstić information content (AvgIpc) is 3.43. The van der Waals surface area contributed by atoms with E-state index in [9.17, 15) is 13.6 Å². The van der Waals surface area contributed by atoms with Crippen LogP contribution in [-0.2, 0) is 11.8 Å². The molecular formula is C21H20F2N8OS. The Morgan fingerprint density at radius 1 is 1.15 bits per heavy atom. The van der Waals surface area contributed by atoms with Crippen LogP contribution >= 0.6 is 11.3 Å². The van der Waals surface area contributed by atoms with Crippen molar-refractivity contribution >= 4 is 39.2 Å². The molecule has 0 atom stereocenters. The number of nitrogens with one attached hydrogen (secondary N) is 1. The maximum Gasteiger partial charge on any atom is 0.240 e. The summed E-state index contributed by atoms with van der Waals surface area (Å²) in [5.74, 6) is -1.17. The number of piperazine rings is 1. The molecule has 1 saturated heterocycles. The molecule has 0 radical (unpaired) electrons. The van der Waals surface area contributed by atoms with Crippen LogP contribution in [0, 0.1) is 11.6 Å². The smallest absolute Gasteiger partial charge is 0.240 e. The Morgan fingerprint density at radius 2 is 1.97 bits per heavy atom. The van der Waals surface area contributed by atoms with Crippen molar-refractivity contribution in [2.24, 2.45) is 7.05 Å². The summed E-state index contributed by atoms with van der Waals surface area (Å²) in [6.07, 6.45) is 3.31. The van der Waals surface area contributed by atoms with Crippen LogP contribution in [0.15, 0.2) is 36.1 Å². The summed E-state index contributed by atoms with van der Waals surface area (Å²) in [7, 11) is 1.85. The molecule has 33 heavy (non-hydrogen) atoms. The van der Waals surface area contributed by atoms with Gasteiger partial charge < -0.3 is 10.2 Å². The number of thiazole rings is 1. The van der Waals surface area contributed by atoms with E-state index in [0.29, 0.717) is 29.5 Å². The number of hydrogen-bond donors (Lipinski definition) is 1. The molecule has 0 bridgehead atoms. The van der Waals surface area contributed by atoms with Crippen molar-refractivity contribution in [1.82, 2.24) is 29.6 Å². The first-order chi connectivity index (χ1) is 16.0. The molecular weight excluding hydrogens is 450 g/mol. The average molecular weight is 471 g/mol. The maximum absolute atomic E-state index is 13.5. The maximum atomic E-state index is 13.5. The first kappa shape index (κ1) is 21.3. The Labute approximate surface area is 191 Å². The van der Waals surface area contributed by atoms with E-state index in [-0.39, 0.29) is 12.5 Å². The lowest BCUT2D eigenvalue weighted by Gasteiger charge is -2.35. The molecule has 0 spiro atoms. The number of halogens is 2. The molecule has 9 nitrogen and oxygen atoms in total.